The molecular formula is C14H16ClNO. The van der Waals surface area contributed by atoms with Gasteiger partial charge in [-0.3, -0.25) is 0 Å². The molecule has 90 valence electrons. The fourth-order valence-corrected chi connectivity index (χ4v) is 1.91. The highest BCUT2D eigenvalue weighted by atomic mass is 35.5. The monoisotopic (exact) mass is 249 g/mol. The molecule has 3 heteroatoms. The zero-order chi connectivity index (χ0) is 12.3. The maximum absolute atomic E-state index is 5.91. The summed E-state index contributed by atoms with van der Waals surface area (Å²) < 4.78 is 5.82. The Balaban J connectivity index is 2.51. The average Bonchev–Trinajstić information content (AvgIpc) is 2.39. The van der Waals surface area contributed by atoms with Crippen molar-refractivity contribution in [1.82, 2.24) is 4.98 Å². The molecule has 0 N–H and O–H groups in total. The van der Waals surface area contributed by atoms with Gasteiger partial charge in [0.1, 0.15) is 0 Å². The van der Waals surface area contributed by atoms with Gasteiger partial charge < -0.3 is 4.74 Å². The van der Waals surface area contributed by atoms with E-state index >= 15 is 0 Å². The van der Waals surface area contributed by atoms with E-state index in [0.717, 1.165) is 22.8 Å². The number of hydrogen-bond donors (Lipinski definition) is 0. The Morgan fingerprint density at radius 1 is 1.29 bits per heavy atom. The van der Waals surface area contributed by atoms with Crippen molar-refractivity contribution in [3.63, 3.8) is 0 Å². The molecule has 0 aliphatic rings. The molecule has 0 amide bonds. The number of rotatable bonds is 4. The second-order valence-corrected chi connectivity index (χ2v) is 4.37. The van der Waals surface area contributed by atoms with Crippen LogP contribution in [0, 0.1) is 0 Å². The summed E-state index contributed by atoms with van der Waals surface area (Å²) in [7, 11) is 0. The number of hydrogen-bond acceptors (Lipinski definition) is 2. The van der Waals surface area contributed by atoms with Crippen LogP contribution in [-0.4, -0.2) is 11.1 Å². The first-order chi connectivity index (χ1) is 8.26. The van der Waals surface area contributed by atoms with Crippen molar-refractivity contribution >= 4 is 22.4 Å². The topological polar surface area (TPSA) is 22.1 Å². The molecule has 2 nitrogen and oxygen atoms in total. The zero-order valence-corrected chi connectivity index (χ0v) is 10.9. The van der Waals surface area contributed by atoms with Gasteiger partial charge in [0.05, 0.1) is 6.10 Å². The Labute approximate surface area is 107 Å². The van der Waals surface area contributed by atoms with E-state index < -0.39 is 0 Å². The maximum atomic E-state index is 5.91. The number of fused-ring (bicyclic) bond motifs is 1. The first-order valence-electron chi connectivity index (χ1n) is 5.85. The van der Waals surface area contributed by atoms with E-state index in [2.05, 4.69) is 18.0 Å². The van der Waals surface area contributed by atoms with Gasteiger partial charge in [0, 0.05) is 17.5 Å². The summed E-state index contributed by atoms with van der Waals surface area (Å²) in [6, 6.07) is 8.07. The highest BCUT2D eigenvalue weighted by molar-refractivity contribution is 6.18. The van der Waals surface area contributed by atoms with Crippen LogP contribution in [0.3, 0.4) is 0 Å². The van der Waals surface area contributed by atoms with Gasteiger partial charge in [-0.15, -0.1) is 11.6 Å². The molecule has 1 aromatic heterocycles. The number of benzene rings is 1. The van der Waals surface area contributed by atoms with E-state index in [-0.39, 0.29) is 6.10 Å². The van der Waals surface area contributed by atoms with Crippen LogP contribution in [0.2, 0.25) is 0 Å². The molecule has 1 unspecified atom stereocenters. The lowest BCUT2D eigenvalue weighted by Gasteiger charge is -2.14. The lowest BCUT2D eigenvalue weighted by atomic mass is 10.1. The SMILES string of the molecule is CCC(C)Oc1ncc(CCl)c2ccccc12. The van der Waals surface area contributed by atoms with Crippen molar-refractivity contribution < 1.29 is 4.74 Å². The second-order valence-electron chi connectivity index (χ2n) is 4.10. The van der Waals surface area contributed by atoms with Crippen LogP contribution in [0.15, 0.2) is 30.5 Å². The van der Waals surface area contributed by atoms with Crippen molar-refractivity contribution in [3.05, 3.63) is 36.0 Å². The third kappa shape index (κ3) is 2.52. The molecule has 0 radical (unpaired) electrons. The summed E-state index contributed by atoms with van der Waals surface area (Å²) in [5.41, 5.74) is 1.04. The third-order valence-electron chi connectivity index (χ3n) is 2.87. The fraction of sp³-hybridized carbons (Fsp3) is 0.357. The summed E-state index contributed by atoms with van der Waals surface area (Å²) in [5.74, 6) is 1.17. The van der Waals surface area contributed by atoms with Crippen LogP contribution in [0.1, 0.15) is 25.8 Å². The average molecular weight is 250 g/mol. The van der Waals surface area contributed by atoms with Crippen molar-refractivity contribution in [2.45, 2.75) is 32.3 Å². The van der Waals surface area contributed by atoms with Gasteiger partial charge in [-0.05, 0) is 30.4 Å². The van der Waals surface area contributed by atoms with E-state index in [9.17, 15) is 0 Å². The Morgan fingerprint density at radius 2 is 2.00 bits per heavy atom. The minimum atomic E-state index is 0.174. The molecule has 0 spiro atoms. The smallest absolute Gasteiger partial charge is 0.221 e. The van der Waals surface area contributed by atoms with Gasteiger partial charge in [0.25, 0.3) is 0 Å². The molecule has 0 bridgehead atoms. The van der Waals surface area contributed by atoms with E-state index in [0.29, 0.717) is 11.8 Å². The van der Waals surface area contributed by atoms with Crippen molar-refractivity contribution in [2.24, 2.45) is 0 Å². The quantitative estimate of drug-likeness (QED) is 0.760. The number of pyridine rings is 1. The number of nitrogens with zero attached hydrogens (tertiary/aromatic N) is 1. The zero-order valence-electron chi connectivity index (χ0n) is 10.1. The second kappa shape index (κ2) is 5.37. The van der Waals surface area contributed by atoms with Crippen molar-refractivity contribution in [2.75, 3.05) is 0 Å². The first-order valence-corrected chi connectivity index (χ1v) is 6.39. The van der Waals surface area contributed by atoms with Crippen LogP contribution in [0.4, 0.5) is 0 Å². The number of halogens is 1. The van der Waals surface area contributed by atoms with Gasteiger partial charge >= 0.3 is 0 Å². The maximum Gasteiger partial charge on any atom is 0.221 e. The van der Waals surface area contributed by atoms with Crippen LogP contribution in [-0.2, 0) is 5.88 Å². The van der Waals surface area contributed by atoms with E-state index in [1.165, 1.54) is 0 Å². The molecule has 1 aromatic carbocycles. The van der Waals surface area contributed by atoms with Crippen molar-refractivity contribution in [3.8, 4) is 5.88 Å². The van der Waals surface area contributed by atoms with E-state index in [4.69, 9.17) is 16.3 Å². The van der Waals surface area contributed by atoms with Gasteiger partial charge in [0.15, 0.2) is 0 Å². The molecule has 0 saturated carbocycles. The Hall–Kier alpha value is -1.28. The Morgan fingerprint density at radius 3 is 2.65 bits per heavy atom. The minimum Gasteiger partial charge on any atom is -0.474 e. The van der Waals surface area contributed by atoms with E-state index in [1.54, 1.807) is 6.20 Å². The lowest BCUT2D eigenvalue weighted by Crippen LogP contribution is -2.11. The normalized spacial score (nSPS) is 12.6. The summed E-state index contributed by atoms with van der Waals surface area (Å²) in [5, 5.41) is 2.15. The molecule has 0 aliphatic carbocycles. The molecule has 17 heavy (non-hydrogen) atoms. The van der Waals surface area contributed by atoms with Gasteiger partial charge in [-0.25, -0.2) is 4.98 Å². The third-order valence-corrected chi connectivity index (χ3v) is 3.16. The molecule has 1 heterocycles. The van der Waals surface area contributed by atoms with Crippen LogP contribution in [0.25, 0.3) is 10.8 Å². The fourth-order valence-electron chi connectivity index (χ4n) is 1.70. The summed E-state index contributed by atoms with van der Waals surface area (Å²) >= 11 is 5.91. The van der Waals surface area contributed by atoms with Gasteiger partial charge in [-0.1, -0.05) is 25.1 Å². The molecule has 0 aliphatic heterocycles. The van der Waals surface area contributed by atoms with Crippen LogP contribution < -0.4 is 4.74 Å². The molecular weight excluding hydrogens is 234 g/mol. The molecule has 0 fully saturated rings. The first kappa shape index (κ1) is 12.2. The molecule has 2 aromatic rings. The van der Waals surface area contributed by atoms with Gasteiger partial charge in [-0.2, -0.15) is 0 Å². The lowest BCUT2D eigenvalue weighted by molar-refractivity contribution is 0.211. The number of aromatic nitrogens is 1. The Bertz CT molecular complexity index is 513. The van der Waals surface area contributed by atoms with Gasteiger partial charge in [0.2, 0.25) is 5.88 Å². The summed E-state index contributed by atoms with van der Waals surface area (Å²) in [6.45, 7) is 4.14. The molecule has 1 atom stereocenters. The highest BCUT2D eigenvalue weighted by Crippen LogP contribution is 2.27. The predicted octanol–water partition coefficient (Wildman–Crippen LogP) is 4.15. The largest absolute Gasteiger partial charge is 0.474 e. The minimum absolute atomic E-state index is 0.174. The highest BCUT2D eigenvalue weighted by Gasteiger charge is 2.09. The van der Waals surface area contributed by atoms with Crippen molar-refractivity contribution in [1.29, 1.82) is 0 Å². The summed E-state index contributed by atoms with van der Waals surface area (Å²) in [4.78, 5) is 4.36. The van der Waals surface area contributed by atoms with Crippen LogP contribution in [0.5, 0.6) is 5.88 Å². The number of ether oxygens (including phenoxy) is 1. The summed E-state index contributed by atoms with van der Waals surface area (Å²) in [6.07, 6.45) is 2.94. The van der Waals surface area contributed by atoms with Crippen LogP contribution >= 0.6 is 11.6 Å². The predicted molar refractivity (Wildman–Crippen MR) is 71.7 cm³/mol. The molecule has 2 rings (SSSR count). The molecule has 0 saturated heterocycles. The Kier molecular flexibility index (Phi) is 3.85. The standard InChI is InChI=1S/C14H16ClNO/c1-3-10(2)17-14-13-7-5-4-6-12(13)11(8-15)9-16-14/h4-7,9-10H,3,8H2,1-2H3. The number of alkyl halides is 1. The van der Waals surface area contributed by atoms with E-state index in [1.807, 2.05) is 25.1 Å².